The van der Waals surface area contributed by atoms with Crippen LogP contribution in [0.15, 0.2) is 64.4 Å². The van der Waals surface area contributed by atoms with Crippen molar-refractivity contribution in [1.82, 2.24) is 14.9 Å². The number of ether oxygens (including phenoxy) is 2. The second-order valence-electron chi connectivity index (χ2n) is 13.9. The minimum atomic E-state index is -1.97. The van der Waals surface area contributed by atoms with Crippen LogP contribution in [0, 0.1) is 0 Å². The molecule has 0 fully saturated rings. The molecule has 0 aliphatic carbocycles. The van der Waals surface area contributed by atoms with E-state index in [4.69, 9.17) is 25.2 Å². The first-order valence-electron chi connectivity index (χ1n) is 18.3. The second kappa shape index (κ2) is 16.0. The maximum Gasteiger partial charge on any atom is 0.355 e. The Hall–Kier alpha value is -5.60. The number of carbonyl (C=O) groups excluding carboxylic acids is 3. The molecule has 5 heterocycles. The van der Waals surface area contributed by atoms with Gasteiger partial charge in [0.25, 0.3) is 5.56 Å². The van der Waals surface area contributed by atoms with Crippen LogP contribution in [0.1, 0.15) is 74.6 Å². The number of aliphatic carboxylic acids is 1. The molecule has 55 heavy (non-hydrogen) atoms. The zero-order chi connectivity index (χ0) is 38.1. The van der Waals surface area contributed by atoms with Crippen LogP contribution in [-0.4, -0.2) is 63.4 Å². The van der Waals surface area contributed by atoms with Gasteiger partial charge in [0.2, 0.25) is 11.5 Å². The van der Waals surface area contributed by atoms with Crippen LogP contribution >= 0.6 is 12.4 Å². The largest absolute Gasteiger partial charge is 0.480 e. The third kappa shape index (κ3) is 7.19. The van der Waals surface area contributed by atoms with Crippen LogP contribution in [0.3, 0.4) is 0 Å². The van der Waals surface area contributed by atoms with Crippen LogP contribution in [-0.2, 0) is 53.8 Å². The zero-order valence-electron chi connectivity index (χ0n) is 30.6. The van der Waals surface area contributed by atoms with Crippen molar-refractivity contribution in [2.24, 2.45) is 10.7 Å². The van der Waals surface area contributed by atoms with Crippen LogP contribution < -0.4 is 21.5 Å². The molecule has 14 nitrogen and oxygen atoms in total. The molecule has 0 bridgehead atoms. The summed E-state index contributed by atoms with van der Waals surface area (Å²) < 4.78 is 13.0. The quantitative estimate of drug-likeness (QED) is 0.105. The van der Waals surface area contributed by atoms with E-state index >= 15 is 0 Å². The molecule has 7 rings (SSSR count). The summed E-state index contributed by atoms with van der Waals surface area (Å²) in [5, 5.41) is 13.2. The number of carboxylic acid groups (broad SMARTS) is 1. The van der Waals surface area contributed by atoms with Gasteiger partial charge in [-0.05, 0) is 49.4 Å². The summed E-state index contributed by atoms with van der Waals surface area (Å²) in [5.74, 6) is -3.79. The molecular weight excluding hydrogens is 728 g/mol. The number of pyridine rings is 2. The SMILES string of the molecule is CCCCCN1C=Nc2cccc3nc4c(c1c23)Cn1c-4cc2c(c1=O)COC(=O)[C@@]2(CC)OC(=O)CC[C@@H](NC(=O)[C@@H](N)Cc1ccccc1)C(=O)O.Cl. The van der Waals surface area contributed by atoms with Crippen LogP contribution in [0.2, 0.25) is 0 Å². The summed E-state index contributed by atoms with van der Waals surface area (Å²) in [5.41, 5.74) is 9.27. The smallest absolute Gasteiger partial charge is 0.355 e. The van der Waals surface area contributed by atoms with E-state index in [0.717, 1.165) is 53.7 Å². The van der Waals surface area contributed by atoms with Gasteiger partial charge in [-0.2, -0.15) is 0 Å². The predicted molar refractivity (Wildman–Crippen MR) is 208 cm³/mol. The standard InChI is InChI=1S/C40H42N6O8.ClH/c1-3-5-9-17-45-22-42-28-13-10-14-29-33(28)35(45)24-20-46-31(34(24)43-29)19-26-25(37(46)49)21-53-39(52)40(26,4-2)54-32(47)16-15-30(38(50)51)44-36(48)27(41)18-23-11-7-6-8-12-23;/h6-8,10-14,19,22,27,30H,3-5,9,15-18,20-21,41H2,1-2H3,(H,44,48)(H,50,51);1H/t27-,30+,40-;/m0./s1. The Morgan fingerprint density at radius 3 is 2.58 bits per heavy atom. The maximum atomic E-state index is 14.2. The van der Waals surface area contributed by atoms with Gasteiger partial charge in [0.15, 0.2) is 0 Å². The number of nitrogens with one attached hydrogen (secondary N) is 1. The Balaban J connectivity index is 0.00000514. The van der Waals surface area contributed by atoms with E-state index in [2.05, 4.69) is 17.1 Å². The topological polar surface area (TPSA) is 196 Å². The molecule has 4 aromatic rings. The normalized spacial score (nSPS) is 17.3. The summed E-state index contributed by atoms with van der Waals surface area (Å²) in [4.78, 5) is 78.1. The van der Waals surface area contributed by atoms with Crippen molar-refractivity contribution in [2.75, 3.05) is 11.4 Å². The van der Waals surface area contributed by atoms with Crippen molar-refractivity contribution >= 4 is 64.8 Å². The molecule has 3 aliphatic rings. The molecule has 15 heteroatoms. The van der Waals surface area contributed by atoms with Crippen molar-refractivity contribution in [2.45, 2.75) is 89.6 Å². The van der Waals surface area contributed by atoms with Gasteiger partial charge in [-0.15, -0.1) is 12.4 Å². The Morgan fingerprint density at radius 1 is 1.07 bits per heavy atom. The van der Waals surface area contributed by atoms with Crippen LogP contribution in [0.25, 0.3) is 22.3 Å². The van der Waals surface area contributed by atoms with Gasteiger partial charge in [0.1, 0.15) is 12.6 Å². The number of esters is 2. The molecule has 4 N–H and O–H groups in total. The van der Waals surface area contributed by atoms with E-state index in [1.807, 2.05) is 30.6 Å². The first-order chi connectivity index (χ1) is 26.1. The summed E-state index contributed by atoms with van der Waals surface area (Å²) in [6.45, 7) is 4.46. The first-order valence-corrected chi connectivity index (χ1v) is 18.3. The second-order valence-corrected chi connectivity index (χ2v) is 13.9. The Labute approximate surface area is 323 Å². The van der Waals surface area contributed by atoms with Crippen LogP contribution in [0.5, 0.6) is 0 Å². The number of aromatic nitrogens is 2. The minimum Gasteiger partial charge on any atom is -0.480 e. The monoisotopic (exact) mass is 770 g/mol. The molecular formula is C40H43ClN6O8. The number of hydrogen-bond donors (Lipinski definition) is 3. The third-order valence-corrected chi connectivity index (χ3v) is 10.4. The van der Waals surface area contributed by atoms with Crippen LogP contribution in [0.4, 0.5) is 11.4 Å². The highest BCUT2D eigenvalue weighted by molar-refractivity contribution is 6.11. The van der Waals surface area contributed by atoms with Gasteiger partial charge in [-0.3, -0.25) is 14.4 Å². The number of anilines is 1. The highest BCUT2D eigenvalue weighted by atomic mass is 35.5. The lowest BCUT2D eigenvalue weighted by atomic mass is 9.85. The van der Waals surface area contributed by atoms with Gasteiger partial charge in [-0.25, -0.2) is 19.6 Å². The van der Waals surface area contributed by atoms with E-state index < -0.39 is 47.9 Å². The zero-order valence-corrected chi connectivity index (χ0v) is 31.4. The summed E-state index contributed by atoms with van der Waals surface area (Å²) in [6, 6.07) is 14.0. The van der Waals surface area contributed by atoms with E-state index in [9.17, 15) is 29.1 Å². The number of carboxylic acids is 1. The Kier molecular flexibility index (Phi) is 11.4. The molecule has 2 aromatic carbocycles. The summed E-state index contributed by atoms with van der Waals surface area (Å²) in [6.07, 6.45) is 4.23. The van der Waals surface area contributed by atoms with Gasteiger partial charge in [0.05, 0.1) is 58.2 Å². The molecule has 1 amide bonds. The average molecular weight is 771 g/mol. The van der Waals surface area contributed by atoms with E-state index in [0.29, 0.717) is 16.9 Å². The van der Waals surface area contributed by atoms with Gasteiger partial charge >= 0.3 is 17.9 Å². The Bertz CT molecular complexity index is 2260. The van der Waals surface area contributed by atoms with Crippen molar-refractivity contribution in [3.63, 3.8) is 0 Å². The number of hydrogen-bond acceptors (Lipinski definition) is 11. The fraction of sp³-hybridized carbons (Fsp3) is 0.375. The molecule has 0 saturated heterocycles. The van der Waals surface area contributed by atoms with Gasteiger partial charge in [0, 0.05) is 24.1 Å². The molecule has 3 atom stereocenters. The number of benzene rings is 2. The highest BCUT2D eigenvalue weighted by Crippen LogP contribution is 2.47. The summed E-state index contributed by atoms with van der Waals surface area (Å²) >= 11 is 0. The van der Waals surface area contributed by atoms with E-state index in [1.54, 1.807) is 41.8 Å². The van der Waals surface area contributed by atoms with E-state index in [1.165, 1.54) is 0 Å². The number of halogens is 1. The molecule has 0 unspecified atom stereocenters. The minimum absolute atomic E-state index is 0. The highest BCUT2D eigenvalue weighted by Gasteiger charge is 2.50. The number of rotatable bonds is 14. The summed E-state index contributed by atoms with van der Waals surface area (Å²) in [7, 11) is 0. The predicted octanol–water partition coefficient (Wildman–Crippen LogP) is 4.64. The fourth-order valence-electron chi connectivity index (χ4n) is 7.57. The number of amides is 1. The number of aliphatic imine (C=N–C) groups is 1. The van der Waals surface area contributed by atoms with Crippen molar-refractivity contribution in [3.05, 3.63) is 87.2 Å². The molecule has 0 spiro atoms. The number of cyclic esters (lactones) is 1. The fourth-order valence-corrected chi connectivity index (χ4v) is 7.57. The molecule has 2 aromatic heterocycles. The van der Waals surface area contributed by atoms with Gasteiger partial charge < -0.3 is 35.1 Å². The lowest BCUT2D eigenvalue weighted by Gasteiger charge is -2.35. The number of fused-ring (bicyclic) bond motifs is 5. The Morgan fingerprint density at radius 2 is 1.85 bits per heavy atom. The average Bonchev–Trinajstić information content (AvgIpc) is 3.54. The van der Waals surface area contributed by atoms with Crippen molar-refractivity contribution in [3.8, 4) is 11.4 Å². The molecule has 0 radical (unpaired) electrons. The van der Waals surface area contributed by atoms with Crippen molar-refractivity contribution in [1.29, 1.82) is 0 Å². The molecule has 3 aliphatic heterocycles. The first kappa shape index (κ1) is 39.1. The molecule has 0 saturated carbocycles. The molecule has 288 valence electrons. The number of nitrogens with two attached hydrogens (primary N) is 1. The van der Waals surface area contributed by atoms with Gasteiger partial charge in [-0.1, -0.05) is 63.1 Å². The maximum absolute atomic E-state index is 14.2. The third-order valence-electron chi connectivity index (χ3n) is 10.4. The number of nitrogens with zero attached hydrogens (tertiary/aromatic N) is 4. The lowest BCUT2D eigenvalue weighted by molar-refractivity contribution is -0.189. The number of carbonyl (C=O) groups is 4. The van der Waals surface area contributed by atoms with E-state index in [-0.39, 0.29) is 61.5 Å². The van der Waals surface area contributed by atoms with Crippen molar-refractivity contribution < 1.29 is 33.8 Å². The number of unbranched alkanes of at least 4 members (excludes halogenated alkanes) is 2. The lowest BCUT2D eigenvalue weighted by Crippen LogP contribution is -2.50.